The predicted molar refractivity (Wildman–Crippen MR) is 76.6 cm³/mol. The topological polar surface area (TPSA) is 111 Å². The molecule has 112 valence electrons. The first kappa shape index (κ1) is 13.6. The Hall–Kier alpha value is -2.35. The van der Waals surface area contributed by atoms with Gasteiger partial charge in [0, 0.05) is 19.1 Å². The van der Waals surface area contributed by atoms with Gasteiger partial charge in [-0.05, 0) is 18.9 Å². The first-order valence-electron chi connectivity index (χ1n) is 6.82. The van der Waals surface area contributed by atoms with Gasteiger partial charge in [-0.2, -0.15) is 0 Å². The fourth-order valence-corrected chi connectivity index (χ4v) is 2.88. The number of nitro groups is 1. The highest BCUT2D eigenvalue weighted by Gasteiger charge is 2.31. The third kappa shape index (κ3) is 2.38. The number of nitrogens with one attached hydrogen (secondary N) is 1. The first-order valence-corrected chi connectivity index (χ1v) is 6.82. The van der Waals surface area contributed by atoms with Crippen LogP contribution in [0.15, 0.2) is 12.1 Å². The van der Waals surface area contributed by atoms with Crippen molar-refractivity contribution in [2.24, 2.45) is 5.73 Å². The molecule has 3 rings (SSSR count). The number of carbonyl (C=O) groups is 1. The molecule has 2 aliphatic rings. The summed E-state index contributed by atoms with van der Waals surface area (Å²) in [5.41, 5.74) is 6.67. The van der Waals surface area contributed by atoms with Crippen LogP contribution in [0.5, 0.6) is 5.75 Å². The van der Waals surface area contributed by atoms with Crippen molar-refractivity contribution in [2.75, 3.05) is 29.9 Å². The lowest BCUT2D eigenvalue weighted by Crippen LogP contribution is -2.36. The minimum atomic E-state index is -0.429. The van der Waals surface area contributed by atoms with Gasteiger partial charge in [0.15, 0.2) is 12.4 Å². The molecule has 0 bridgehead atoms. The van der Waals surface area contributed by atoms with Crippen molar-refractivity contribution >= 4 is 23.0 Å². The summed E-state index contributed by atoms with van der Waals surface area (Å²) in [7, 11) is 0. The van der Waals surface area contributed by atoms with Crippen molar-refractivity contribution < 1.29 is 14.5 Å². The average molecular weight is 292 g/mol. The number of fused-ring (bicyclic) bond motifs is 1. The Balaban J connectivity index is 2.07. The molecule has 1 amide bonds. The van der Waals surface area contributed by atoms with Gasteiger partial charge in [-0.3, -0.25) is 14.9 Å². The van der Waals surface area contributed by atoms with E-state index in [0.29, 0.717) is 23.7 Å². The van der Waals surface area contributed by atoms with Gasteiger partial charge in [0.05, 0.1) is 16.7 Å². The number of anilines is 2. The highest BCUT2D eigenvalue weighted by molar-refractivity contribution is 5.97. The summed E-state index contributed by atoms with van der Waals surface area (Å²) in [5, 5.41) is 14.0. The quantitative estimate of drug-likeness (QED) is 0.631. The number of amides is 1. The zero-order valence-corrected chi connectivity index (χ0v) is 11.4. The molecule has 1 aromatic rings. The molecular weight excluding hydrogens is 276 g/mol. The van der Waals surface area contributed by atoms with Crippen LogP contribution in [0.25, 0.3) is 0 Å². The van der Waals surface area contributed by atoms with E-state index in [1.54, 1.807) is 6.07 Å². The van der Waals surface area contributed by atoms with E-state index in [1.807, 2.05) is 4.90 Å². The van der Waals surface area contributed by atoms with Crippen LogP contribution in [0.4, 0.5) is 17.1 Å². The van der Waals surface area contributed by atoms with Gasteiger partial charge in [0.2, 0.25) is 0 Å². The molecule has 1 unspecified atom stereocenters. The third-order valence-electron chi connectivity index (χ3n) is 3.86. The molecule has 8 heteroatoms. The number of hydrogen-bond acceptors (Lipinski definition) is 6. The number of nitrogens with zero attached hydrogens (tertiary/aromatic N) is 2. The standard InChI is InChI=1S/C13H16N4O4/c14-6-8-2-1-3-16(8)10-4-9-12(5-11(10)17(19)20)21-7-13(18)15-9/h4-5,8H,1-3,6-7,14H2,(H,15,18). The number of ether oxygens (including phenoxy) is 1. The molecule has 0 saturated carbocycles. The molecule has 0 spiro atoms. The van der Waals surface area contributed by atoms with Gasteiger partial charge in [-0.15, -0.1) is 0 Å². The molecule has 1 saturated heterocycles. The monoisotopic (exact) mass is 292 g/mol. The lowest BCUT2D eigenvalue weighted by Gasteiger charge is -2.27. The summed E-state index contributed by atoms with van der Waals surface area (Å²) in [6.07, 6.45) is 1.85. The van der Waals surface area contributed by atoms with Crippen molar-refractivity contribution in [1.29, 1.82) is 0 Å². The zero-order chi connectivity index (χ0) is 15.0. The van der Waals surface area contributed by atoms with E-state index in [4.69, 9.17) is 10.5 Å². The maximum atomic E-state index is 11.4. The van der Waals surface area contributed by atoms with E-state index in [1.165, 1.54) is 6.07 Å². The number of hydrogen-bond donors (Lipinski definition) is 2. The molecule has 1 aromatic carbocycles. The molecule has 0 aliphatic carbocycles. The van der Waals surface area contributed by atoms with Crippen LogP contribution in [0.3, 0.4) is 0 Å². The average Bonchev–Trinajstić information content (AvgIpc) is 2.93. The lowest BCUT2D eigenvalue weighted by atomic mass is 10.1. The van der Waals surface area contributed by atoms with Crippen LogP contribution in [-0.2, 0) is 4.79 Å². The molecular formula is C13H16N4O4. The maximum absolute atomic E-state index is 11.4. The summed E-state index contributed by atoms with van der Waals surface area (Å²) >= 11 is 0. The van der Waals surface area contributed by atoms with E-state index in [9.17, 15) is 14.9 Å². The van der Waals surface area contributed by atoms with Crippen molar-refractivity contribution in [3.63, 3.8) is 0 Å². The molecule has 1 atom stereocenters. The van der Waals surface area contributed by atoms with Crippen molar-refractivity contribution in [2.45, 2.75) is 18.9 Å². The van der Waals surface area contributed by atoms with Crippen molar-refractivity contribution in [3.8, 4) is 5.75 Å². The summed E-state index contributed by atoms with van der Waals surface area (Å²) in [4.78, 5) is 24.2. The second-order valence-corrected chi connectivity index (χ2v) is 5.16. The van der Waals surface area contributed by atoms with Crippen molar-refractivity contribution in [3.05, 3.63) is 22.2 Å². The Kier molecular flexibility index (Phi) is 3.38. The van der Waals surface area contributed by atoms with Gasteiger partial charge in [0.25, 0.3) is 11.6 Å². The molecule has 2 aliphatic heterocycles. The van der Waals surface area contributed by atoms with E-state index < -0.39 is 4.92 Å². The lowest BCUT2D eigenvalue weighted by molar-refractivity contribution is -0.384. The van der Waals surface area contributed by atoms with Crippen molar-refractivity contribution in [1.82, 2.24) is 0 Å². The van der Waals surface area contributed by atoms with Crippen LogP contribution in [0, 0.1) is 10.1 Å². The molecule has 0 radical (unpaired) electrons. The van der Waals surface area contributed by atoms with Gasteiger partial charge in [-0.25, -0.2) is 0 Å². The smallest absolute Gasteiger partial charge is 0.296 e. The van der Waals surface area contributed by atoms with Gasteiger partial charge < -0.3 is 20.7 Å². The van der Waals surface area contributed by atoms with Crippen LogP contribution in [0.2, 0.25) is 0 Å². The van der Waals surface area contributed by atoms with Crippen LogP contribution < -0.4 is 20.7 Å². The van der Waals surface area contributed by atoms with Gasteiger partial charge in [-0.1, -0.05) is 0 Å². The van der Waals surface area contributed by atoms with E-state index in [-0.39, 0.29) is 24.2 Å². The second-order valence-electron chi connectivity index (χ2n) is 5.16. The fraction of sp³-hybridized carbons (Fsp3) is 0.462. The molecule has 0 aromatic heterocycles. The van der Waals surface area contributed by atoms with E-state index in [0.717, 1.165) is 19.4 Å². The number of rotatable bonds is 3. The number of benzene rings is 1. The normalized spacial score (nSPS) is 20.7. The molecule has 21 heavy (non-hydrogen) atoms. The Morgan fingerprint density at radius 2 is 2.33 bits per heavy atom. The number of nitrogens with two attached hydrogens (primary N) is 1. The summed E-state index contributed by atoms with van der Waals surface area (Å²) in [6, 6.07) is 3.07. The summed E-state index contributed by atoms with van der Waals surface area (Å²) in [6.45, 7) is 1.03. The molecule has 8 nitrogen and oxygen atoms in total. The van der Waals surface area contributed by atoms with Crippen LogP contribution >= 0.6 is 0 Å². The Morgan fingerprint density at radius 3 is 3.05 bits per heavy atom. The number of nitro benzene ring substituents is 1. The SMILES string of the molecule is NCC1CCCN1c1cc2c(cc1[N+](=O)[O-])OCC(=O)N2. The minimum Gasteiger partial charge on any atom is -0.481 e. The fourth-order valence-electron chi connectivity index (χ4n) is 2.88. The highest BCUT2D eigenvalue weighted by Crippen LogP contribution is 2.41. The predicted octanol–water partition coefficient (Wildman–Crippen LogP) is 0.853. The molecule has 1 fully saturated rings. The maximum Gasteiger partial charge on any atom is 0.296 e. The van der Waals surface area contributed by atoms with Gasteiger partial charge in [0.1, 0.15) is 5.69 Å². The highest BCUT2D eigenvalue weighted by atomic mass is 16.6. The summed E-state index contributed by atoms with van der Waals surface area (Å²) in [5.74, 6) is 0.0626. The Labute approximate surface area is 121 Å². The first-order chi connectivity index (χ1) is 10.1. The molecule has 3 N–H and O–H groups in total. The third-order valence-corrected chi connectivity index (χ3v) is 3.86. The molecule has 2 heterocycles. The second kappa shape index (κ2) is 5.21. The minimum absolute atomic E-state index is 0.0229. The Bertz CT molecular complexity index is 604. The number of carbonyl (C=O) groups excluding carboxylic acids is 1. The van der Waals surface area contributed by atoms with E-state index >= 15 is 0 Å². The van der Waals surface area contributed by atoms with Crippen LogP contribution in [0.1, 0.15) is 12.8 Å². The van der Waals surface area contributed by atoms with Gasteiger partial charge >= 0.3 is 0 Å². The summed E-state index contributed by atoms with van der Waals surface area (Å²) < 4.78 is 5.24. The van der Waals surface area contributed by atoms with E-state index in [2.05, 4.69) is 5.32 Å². The largest absolute Gasteiger partial charge is 0.481 e. The zero-order valence-electron chi connectivity index (χ0n) is 11.4. The van der Waals surface area contributed by atoms with Crippen LogP contribution in [-0.4, -0.2) is 36.6 Å². The Morgan fingerprint density at radius 1 is 1.52 bits per heavy atom.